The summed E-state index contributed by atoms with van der Waals surface area (Å²) in [4.78, 5) is 15.7. The van der Waals surface area contributed by atoms with Crippen LogP contribution in [-0.4, -0.2) is 27.8 Å². The third-order valence-corrected chi connectivity index (χ3v) is 7.16. The number of hydrazone groups is 1. The van der Waals surface area contributed by atoms with E-state index in [2.05, 4.69) is 57.4 Å². The highest BCUT2D eigenvalue weighted by molar-refractivity contribution is 7.99. The van der Waals surface area contributed by atoms with Gasteiger partial charge in [0.2, 0.25) is 5.88 Å². The Labute approximate surface area is 217 Å². The maximum absolute atomic E-state index is 6.07. The van der Waals surface area contributed by atoms with Crippen LogP contribution >= 0.6 is 23.4 Å². The molecular weight excluding hydrogens is 490 g/mol. The smallest absolute Gasteiger partial charge is 0.213 e. The predicted molar refractivity (Wildman–Crippen MR) is 144 cm³/mol. The number of halogens is 1. The van der Waals surface area contributed by atoms with Crippen molar-refractivity contribution in [2.24, 2.45) is 5.10 Å². The Morgan fingerprint density at radius 2 is 1.78 bits per heavy atom. The molecular formula is C28H20ClN5OS. The topological polar surface area (TPSA) is 63.5 Å². The van der Waals surface area contributed by atoms with Crippen LogP contribution in [0.1, 0.15) is 16.8 Å². The third kappa shape index (κ3) is 4.39. The second kappa shape index (κ2) is 9.60. The highest BCUT2D eigenvalue weighted by Crippen LogP contribution is 2.34. The Bertz CT molecular complexity index is 1590. The van der Waals surface area contributed by atoms with Crippen LogP contribution in [0.15, 0.2) is 106 Å². The fourth-order valence-electron chi connectivity index (χ4n) is 4.11. The fourth-order valence-corrected chi connectivity index (χ4v) is 5.12. The average Bonchev–Trinajstić information content (AvgIpc) is 2.93. The molecule has 0 aliphatic carbocycles. The van der Waals surface area contributed by atoms with Crippen molar-refractivity contribution >= 4 is 45.8 Å². The van der Waals surface area contributed by atoms with Crippen molar-refractivity contribution < 1.29 is 4.74 Å². The molecule has 1 aliphatic rings. The van der Waals surface area contributed by atoms with Crippen molar-refractivity contribution in [3.8, 4) is 5.88 Å². The first-order valence-corrected chi connectivity index (χ1v) is 12.5. The lowest BCUT2D eigenvalue weighted by Gasteiger charge is -2.27. The Balaban J connectivity index is 1.31. The predicted octanol–water partition coefficient (Wildman–Crippen LogP) is 6.61. The first-order valence-electron chi connectivity index (χ1n) is 11.3. The molecule has 0 radical (unpaired) electrons. The number of aromatic nitrogens is 3. The molecule has 3 aromatic heterocycles. The second-order valence-electron chi connectivity index (χ2n) is 8.15. The van der Waals surface area contributed by atoms with Gasteiger partial charge in [-0.1, -0.05) is 47.6 Å². The van der Waals surface area contributed by atoms with Crippen LogP contribution < -0.4 is 9.75 Å². The van der Waals surface area contributed by atoms with E-state index < -0.39 is 0 Å². The van der Waals surface area contributed by atoms with E-state index in [-0.39, 0.29) is 0 Å². The summed E-state index contributed by atoms with van der Waals surface area (Å²) in [6.07, 6.45) is 3.46. The Morgan fingerprint density at radius 1 is 0.917 bits per heavy atom. The van der Waals surface area contributed by atoms with Crippen LogP contribution in [0.4, 0.5) is 5.69 Å². The first-order chi connectivity index (χ1) is 17.7. The number of methoxy groups -OCH3 is 1. The minimum Gasteiger partial charge on any atom is -0.481 e. The quantitative estimate of drug-likeness (QED) is 0.265. The van der Waals surface area contributed by atoms with Crippen molar-refractivity contribution in [2.75, 3.05) is 12.1 Å². The van der Waals surface area contributed by atoms with Gasteiger partial charge in [-0.3, -0.25) is 15.0 Å². The lowest BCUT2D eigenvalue weighted by atomic mass is 9.98. The number of rotatable bonds is 5. The van der Waals surface area contributed by atoms with Gasteiger partial charge in [0.25, 0.3) is 0 Å². The molecule has 176 valence electrons. The molecule has 0 amide bonds. The molecule has 1 aliphatic heterocycles. The summed E-state index contributed by atoms with van der Waals surface area (Å²) in [6, 6.07) is 26.1. The van der Waals surface area contributed by atoms with E-state index in [4.69, 9.17) is 21.4 Å². The Morgan fingerprint density at radius 3 is 2.58 bits per heavy atom. The van der Waals surface area contributed by atoms with Gasteiger partial charge >= 0.3 is 0 Å². The van der Waals surface area contributed by atoms with E-state index in [1.807, 2.05) is 41.4 Å². The standard InChI is InChI=1S/C28H20ClN5OS/c1-35-26-13-12-24-28(32-26)25(14-15-30-24)36-21-9-7-20(8-10-21)34-17-18-4-2-3-5-22(18)27(33-34)23-11-6-19(29)16-31-23/h2-16H,17H2,1H3. The van der Waals surface area contributed by atoms with Crippen LogP contribution in [-0.2, 0) is 6.54 Å². The minimum absolute atomic E-state index is 0.571. The lowest BCUT2D eigenvalue weighted by Crippen LogP contribution is -2.26. The van der Waals surface area contributed by atoms with Crippen LogP contribution in [0.3, 0.4) is 0 Å². The van der Waals surface area contributed by atoms with E-state index in [1.165, 1.54) is 5.56 Å². The Kier molecular flexibility index (Phi) is 6.01. The highest BCUT2D eigenvalue weighted by atomic mass is 35.5. The van der Waals surface area contributed by atoms with Gasteiger partial charge in [-0.25, -0.2) is 4.98 Å². The molecule has 0 N–H and O–H groups in total. The minimum atomic E-state index is 0.571. The van der Waals surface area contributed by atoms with Gasteiger partial charge in [0, 0.05) is 33.8 Å². The molecule has 0 atom stereocenters. The number of pyridine rings is 3. The zero-order chi connectivity index (χ0) is 24.5. The van der Waals surface area contributed by atoms with Gasteiger partial charge in [0.15, 0.2) is 0 Å². The monoisotopic (exact) mass is 509 g/mol. The van der Waals surface area contributed by atoms with Crippen molar-refractivity contribution in [3.05, 3.63) is 113 Å². The molecule has 8 heteroatoms. The SMILES string of the molecule is COc1ccc2nccc(Sc3ccc(N4Cc5ccccc5C(c5ccc(Cl)cn5)=N4)cc3)c2n1. The highest BCUT2D eigenvalue weighted by Gasteiger charge is 2.22. The van der Waals surface area contributed by atoms with Gasteiger partial charge in [0.05, 0.1) is 35.6 Å². The number of fused-ring (bicyclic) bond motifs is 2. The molecule has 0 bridgehead atoms. The molecule has 0 spiro atoms. The molecule has 0 saturated carbocycles. The van der Waals surface area contributed by atoms with Crippen molar-refractivity contribution in [1.82, 2.24) is 15.0 Å². The normalized spacial score (nSPS) is 12.8. The molecule has 6 nitrogen and oxygen atoms in total. The van der Waals surface area contributed by atoms with E-state index in [9.17, 15) is 0 Å². The molecule has 0 unspecified atom stereocenters. The average molecular weight is 510 g/mol. The molecule has 6 rings (SSSR count). The molecule has 36 heavy (non-hydrogen) atoms. The first kappa shape index (κ1) is 22.5. The fraction of sp³-hybridized carbons (Fsp3) is 0.0714. The summed E-state index contributed by atoms with van der Waals surface area (Å²) in [5.74, 6) is 0.571. The number of anilines is 1. The summed E-state index contributed by atoms with van der Waals surface area (Å²) < 4.78 is 5.30. The molecule has 0 fully saturated rings. The van der Waals surface area contributed by atoms with Crippen molar-refractivity contribution in [1.29, 1.82) is 0 Å². The van der Waals surface area contributed by atoms with Gasteiger partial charge < -0.3 is 4.74 Å². The van der Waals surface area contributed by atoms with E-state index in [0.29, 0.717) is 17.4 Å². The third-order valence-electron chi connectivity index (χ3n) is 5.88. The maximum atomic E-state index is 6.07. The van der Waals surface area contributed by atoms with E-state index in [1.54, 1.807) is 31.3 Å². The molecule has 0 saturated heterocycles. The lowest BCUT2D eigenvalue weighted by molar-refractivity contribution is 0.399. The van der Waals surface area contributed by atoms with Crippen molar-refractivity contribution in [2.45, 2.75) is 16.3 Å². The van der Waals surface area contributed by atoms with Gasteiger partial charge in [-0.05, 0) is 54.1 Å². The number of hydrogen-bond acceptors (Lipinski definition) is 7. The van der Waals surface area contributed by atoms with Gasteiger partial charge in [-0.15, -0.1) is 0 Å². The largest absolute Gasteiger partial charge is 0.481 e. The van der Waals surface area contributed by atoms with E-state index >= 15 is 0 Å². The van der Waals surface area contributed by atoms with Crippen LogP contribution in [0.5, 0.6) is 5.88 Å². The number of hydrogen-bond donors (Lipinski definition) is 0. The Hall–Kier alpha value is -3.94. The molecule has 2 aromatic carbocycles. The van der Waals surface area contributed by atoms with Crippen LogP contribution in [0.2, 0.25) is 5.02 Å². The summed E-state index contributed by atoms with van der Waals surface area (Å²) in [7, 11) is 1.62. The summed E-state index contributed by atoms with van der Waals surface area (Å²) in [5.41, 5.74) is 6.56. The summed E-state index contributed by atoms with van der Waals surface area (Å²) in [5, 5.41) is 7.58. The number of nitrogens with zero attached hydrogens (tertiary/aromatic N) is 5. The van der Waals surface area contributed by atoms with Gasteiger partial charge in [0.1, 0.15) is 11.2 Å². The van der Waals surface area contributed by atoms with Gasteiger partial charge in [-0.2, -0.15) is 5.10 Å². The zero-order valence-corrected chi connectivity index (χ0v) is 20.9. The summed E-state index contributed by atoms with van der Waals surface area (Å²) in [6.45, 7) is 0.679. The second-order valence-corrected chi connectivity index (χ2v) is 9.70. The van der Waals surface area contributed by atoms with Crippen LogP contribution in [0, 0.1) is 0 Å². The van der Waals surface area contributed by atoms with Crippen LogP contribution in [0.25, 0.3) is 11.0 Å². The van der Waals surface area contributed by atoms with Crippen molar-refractivity contribution in [3.63, 3.8) is 0 Å². The van der Waals surface area contributed by atoms with E-state index in [0.717, 1.165) is 43.5 Å². The maximum Gasteiger partial charge on any atom is 0.213 e. The number of ether oxygens (including phenoxy) is 1. The summed E-state index contributed by atoms with van der Waals surface area (Å²) >= 11 is 7.71. The molecule has 4 heterocycles. The number of benzene rings is 2. The zero-order valence-electron chi connectivity index (χ0n) is 19.3. The molecule has 5 aromatic rings.